The van der Waals surface area contributed by atoms with Crippen LogP contribution in [0.15, 0.2) is 40.4 Å². The Labute approximate surface area is 136 Å². The third kappa shape index (κ3) is 2.02. The Morgan fingerprint density at radius 1 is 1.25 bits per heavy atom. The summed E-state index contributed by atoms with van der Waals surface area (Å²) in [5.74, 6) is -0.649. The number of benzene rings is 2. The van der Waals surface area contributed by atoms with Gasteiger partial charge in [0, 0.05) is 22.4 Å². The second-order valence-corrected chi connectivity index (χ2v) is 6.57. The van der Waals surface area contributed by atoms with Gasteiger partial charge in [0.15, 0.2) is 5.16 Å². The lowest BCUT2D eigenvalue weighted by atomic mass is 10.0. The molecule has 1 unspecified atom stereocenters. The molecule has 2 aromatic carbocycles. The molecular formula is C16H9FN4O2S. The summed E-state index contributed by atoms with van der Waals surface area (Å²) in [6.45, 7) is 0. The first kappa shape index (κ1) is 14.5. The summed E-state index contributed by atoms with van der Waals surface area (Å²) in [5, 5.41) is 10.8. The number of halogens is 1. The molecule has 0 fully saturated rings. The molecule has 0 aliphatic heterocycles. The van der Waals surface area contributed by atoms with Gasteiger partial charge in [-0.15, -0.1) is 0 Å². The number of nitrogens with zero attached hydrogens (tertiary/aromatic N) is 2. The maximum absolute atomic E-state index is 13.7. The van der Waals surface area contributed by atoms with Crippen molar-refractivity contribution < 1.29 is 8.60 Å². The second-order valence-electron chi connectivity index (χ2n) is 5.20. The van der Waals surface area contributed by atoms with Crippen molar-refractivity contribution >= 4 is 43.4 Å². The summed E-state index contributed by atoms with van der Waals surface area (Å²) < 4.78 is 25.8. The standard InChI is InChI=1S/C16H9FN4O2S/c17-8-1-2-9-11(7-8)12-10(3-5-19-15(12)22)14-13(9)20-16(21-14)24(23)6-4-18/h1-3,5,7H,6H2,(H,19,22)(H,20,21). The number of imidazole rings is 1. The zero-order valence-corrected chi connectivity index (χ0v) is 12.9. The second kappa shape index (κ2) is 5.25. The highest BCUT2D eigenvalue weighted by atomic mass is 32.2. The first-order chi connectivity index (χ1) is 11.6. The van der Waals surface area contributed by atoms with Gasteiger partial charge in [0.05, 0.1) is 22.5 Å². The van der Waals surface area contributed by atoms with Crippen LogP contribution in [-0.2, 0) is 10.8 Å². The predicted molar refractivity (Wildman–Crippen MR) is 88.6 cm³/mol. The Hall–Kier alpha value is -3.05. The van der Waals surface area contributed by atoms with E-state index in [-0.39, 0.29) is 16.5 Å². The molecule has 0 aliphatic rings. The Morgan fingerprint density at radius 3 is 2.88 bits per heavy atom. The van der Waals surface area contributed by atoms with Gasteiger partial charge in [-0.1, -0.05) is 0 Å². The fraction of sp³-hybridized carbons (Fsp3) is 0.0625. The molecule has 24 heavy (non-hydrogen) atoms. The van der Waals surface area contributed by atoms with Gasteiger partial charge in [-0.3, -0.25) is 9.00 Å². The van der Waals surface area contributed by atoms with Gasteiger partial charge in [0.1, 0.15) is 22.4 Å². The van der Waals surface area contributed by atoms with Crippen LogP contribution < -0.4 is 5.56 Å². The Bertz CT molecular complexity index is 1250. The number of pyridine rings is 1. The van der Waals surface area contributed by atoms with Crippen molar-refractivity contribution in [3.8, 4) is 6.07 Å². The van der Waals surface area contributed by atoms with E-state index in [0.29, 0.717) is 32.6 Å². The highest BCUT2D eigenvalue weighted by molar-refractivity contribution is 7.85. The van der Waals surface area contributed by atoms with Crippen molar-refractivity contribution in [2.75, 3.05) is 5.75 Å². The number of nitrogens with one attached hydrogen (secondary N) is 2. The summed E-state index contributed by atoms with van der Waals surface area (Å²) in [7, 11) is -1.60. The molecule has 6 nitrogen and oxygen atoms in total. The first-order valence-electron chi connectivity index (χ1n) is 6.98. The average Bonchev–Trinajstić information content (AvgIpc) is 3.00. The lowest BCUT2D eigenvalue weighted by Crippen LogP contribution is -2.05. The molecule has 4 rings (SSSR count). The Morgan fingerprint density at radius 2 is 2.08 bits per heavy atom. The monoisotopic (exact) mass is 340 g/mol. The number of fused-ring (bicyclic) bond motifs is 6. The quantitative estimate of drug-likeness (QED) is 0.547. The number of nitriles is 1. The molecule has 0 bridgehead atoms. The molecule has 4 aromatic rings. The van der Waals surface area contributed by atoms with E-state index in [1.54, 1.807) is 12.1 Å². The minimum Gasteiger partial charge on any atom is -0.330 e. The van der Waals surface area contributed by atoms with Crippen molar-refractivity contribution in [3.63, 3.8) is 0 Å². The van der Waals surface area contributed by atoms with Crippen LogP contribution >= 0.6 is 0 Å². The van der Waals surface area contributed by atoms with Crippen LogP contribution in [0.4, 0.5) is 4.39 Å². The summed E-state index contributed by atoms with van der Waals surface area (Å²) >= 11 is 0. The van der Waals surface area contributed by atoms with Crippen molar-refractivity contribution in [2.24, 2.45) is 0 Å². The number of H-pyrrole nitrogens is 2. The molecular weight excluding hydrogens is 331 g/mol. The predicted octanol–water partition coefficient (Wildman–Crippen LogP) is 2.33. The van der Waals surface area contributed by atoms with E-state index in [9.17, 15) is 13.4 Å². The summed E-state index contributed by atoms with van der Waals surface area (Å²) in [6.07, 6.45) is 1.48. The number of aromatic amines is 2. The van der Waals surface area contributed by atoms with Crippen molar-refractivity contribution in [1.82, 2.24) is 15.0 Å². The van der Waals surface area contributed by atoms with Gasteiger partial charge in [-0.25, -0.2) is 9.37 Å². The number of aromatic nitrogens is 3. The molecule has 2 heterocycles. The number of rotatable bonds is 2. The maximum Gasteiger partial charge on any atom is 0.256 e. The molecule has 0 saturated heterocycles. The minimum absolute atomic E-state index is 0.157. The maximum atomic E-state index is 13.7. The van der Waals surface area contributed by atoms with Gasteiger partial charge in [0.2, 0.25) is 0 Å². The number of hydrogen-bond acceptors (Lipinski definition) is 4. The minimum atomic E-state index is -1.60. The molecule has 0 aliphatic carbocycles. The Kier molecular flexibility index (Phi) is 3.18. The molecule has 118 valence electrons. The SMILES string of the molecule is N#CCS(=O)c1nc2c3cc[nH]c(=O)c3c3cc(F)ccc3c2[nH]1. The molecule has 2 aromatic heterocycles. The van der Waals surface area contributed by atoms with Gasteiger partial charge in [-0.05, 0) is 24.3 Å². The van der Waals surface area contributed by atoms with E-state index in [1.165, 1.54) is 18.3 Å². The van der Waals surface area contributed by atoms with E-state index in [2.05, 4.69) is 15.0 Å². The molecule has 2 N–H and O–H groups in total. The normalized spacial score (nSPS) is 12.7. The largest absolute Gasteiger partial charge is 0.330 e. The smallest absolute Gasteiger partial charge is 0.256 e. The van der Waals surface area contributed by atoms with Crippen LogP contribution in [0.5, 0.6) is 0 Å². The fourth-order valence-corrected chi connectivity index (χ4v) is 3.52. The highest BCUT2D eigenvalue weighted by Gasteiger charge is 2.17. The summed E-state index contributed by atoms with van der Waals surface area (Å²) in [5.41, 5.74) is 0.675. The van der Waals surface area contributed by atoms with Crippen LogP contribution in [0.25, 0.3) is 32.6 Å². The van der Waals surface area contributed by atoms with Crippen LogP contribution in [0.3, 0.4) is 0 Å². The number of hydrogen-bond donors (Lipinski definition) is 2. The topological polar surface area (TPSA) is 102 Å². The lowest BCUT2D eigenvalue weighted by Gasteiger charge is -2.05. The van der Waals surface area contributed by atoms with E-state index >= 15 is 0 Å². The van der Waals surface area contributed by atoms with E-state index in [1.807, 2.05) is 6.07 Å². The van der Waals surface area contributed by atoms with Crippen LogP contribution in [0.1, 0.15) is 0 Å². The van der Waals surface area contributed by atoms with Gasteiger partial charge in [-0.2, -0.15) is 5.26 Å². The van der Waals surface area contributed by atoms with Gasteiger partial charge < -0.3 is 9.97 Å². The highest BCUT2D eigenvalue weighted by Crippen LogP contribution is 2.32. The lowest BCUT2D eigenvalue weighted by molar-refractivity contribution is 0.630. The van der Waals surface area contributed by atoms with E-state index in [0.717, 1.165) is 0 Å². The molecule has 8 heteroatoms. The molecule has 0 spiro atoms. The van der Waals surface area contributed by atoms with E-state index in [4.69, 9.17) is 5.26 Å². The summed E-state index contributed by atoms with van der Waals surface area (Å²) in [6, 6.07) is 7.63. The molecule has 0 amide bonds. The van der Waals surface area contributed by atoms with Crippen LogP contribution in [0.2, 0.25) is 0 Å². The molecule has 1 atom stereocenters. The van der Waals surface area contributed by atoms with Crippen molar-refractivity contribution in [1.29, 1.82) is 5.26 Å². The Balaban J connectivity index is 2.25. The molecule has 0 radical (unpaired) electrons. The zero-order valence-electron chi connectivity index (χ0n) is 12.1. The van der Waals surface area contributed by atoms with Gasteiger partial charge >= 0.3 is 0 Å². The van der Waals surface area contributed by atoms with Gasteiger partial charge in [0.25, 0.3) is 5.56 Å². The fourth-order valence-electron chi connectivity index (χ4n) is 2.86. The third-order valence-electron chi connectivity index (χ3n) is 3.83. The first-order valence-corrected chi connectivity index (χ1v) is 8.29. The van der Waals surface area contributed by atoms with Crippen molar-refractivity contribution in [2.45, 2.75) is 5.16 Å². The van der Waals surface area contributed by atoms with E-state index < -0.39 is 16.6 Å². The molecule has 0 saturated carbocycles. The zero-order chi connectivity index (χ0) is 16.8. The summed E-state index contributed by atoms with van der Waals surface area (Å²) in [4.78, 5) is 22.1. The van der Waals surface area contributed by atoms with Crippen molar-refractivity contribution in [3.05, 3.63) is 46.6 Å². The van der Waals surface area contributed by atoms with Crippen LogP contribution in [-0.4, -0.2) is 24.9 Å². The average molecular weight is 340 g/mol. The third-order valence-corrected chi connectivity index (χ3v) is 4.85. The van der Waals surface area contributed by atoms with Crippen LogP contribution in [0, 0.1) is 17.1 Å².